The van der Waals surface area contributed by atoms with Gasteiger partial charge in [0.1, 0.15) is 0 Å². The van der Waals surface area contributed by atoms with E-state index < -0.39 is 0 Å². The van der Waals surface area contributed by atoms with E-state index in [9.17, 15) is 4.79 Å². The average molecular weight is 349 g/mol. The number of amides is 1. The van der Waals surface area contributed by atoms with Crippen molar-refractivity contribution in [3.05, 3.63) is 58.3 Å². The molecule has 0 unspecified atom stereocenters. The van der Waals surface area contributed by atoms with Crippen LogP contribution in [0.4, 0.5) is 5.69 Å². The molecule has 0 spiro atoms. The molecular weight excluding hydrogens is 336 g/mol. The number of halogens is 1. The summed E-state index contributed by atoms with van der Waals surface area (Å²) in [5.41, 5.74) is 2.15. The van der Waals surface area contributed by atoms with Gasteiger partial charge in [0, 0.05) is 28.1 Å². The summed E-state index contributed by atoms with van der Waals surface area (Å²) >= 11 is 3.29. The number of aromatic nitrogens is 1. The molecule has 1 fully saturated rings. The molecule has 1 aliphatic heterocycles. The predicted octanol–water partition coefficient (Wildman–Crippen LogP) is 3.14. The van der Waals surface area contributed by atoms with Crippen molar-refractivity contribution in [1.29, 1.82) is 0 Å². The Hall–Kier alpha value is -1.76. The zero-order valence-electron chi connectivity index (χ0n) is 11.1. The van der Waals surface area contributed by atoms with E-state index in [1.165, 1.54) is 6.20 Å². The van der Waals surface area contributed by atoms with Crippen molar-refractivity contribution in [2.24, 2.45) is 0 Å². The summed E-state index contributed by atoms with van der Waals surface area (Å²) in [6.45, 7) is 1.22. The zero-order chi connectivity index (χ0) is 14.7. The molecule has 1 saturated heterocycles. The Morgan fingerprint density at radius 1 is 1.19 bits per heavy atom. The molecule has 1 aliphatic rings. The maximum absolute atomic E-state index is 12.1. The third-order valence-electron chi connectivity index (χ3n) is 3.03. The van der Waals surface area contributed by atoms with Gasteiger partial charge in [-0.25, -0.2) is 0 Å². The topological polar surface area (TPSA) is 60.5 Å². The van der Waals surface area contributed by atoms with Crippen LogP contribution >= 0.6 is 15.9 Å². The standard InChI is InChI=1S/C15H13BrN2O3/c16-12-7-11(8-17-9-12)14(19)18-13-3-1-10(2-4-13)15-20-5-6-21-15/h1-4,7-9,15H,5-6H2,(H,18,19). The van der Waals surface area contributed by atoms with Gasteiger partial charge in [-0.1, -0.05) is 12.1 Å². The highest BCUT2D eigenvalue weighted by Gasteiger charge is 2.18. The number of ether oxygens (including phenoxy) is 2. The van der Waals surface area contributed by atoms with E-state index in [4.69, 9.17) is 9.47 Å². The zero-order valence-corrected chi connectivity index (χ0v) is 12.7. The van der Waals surface area contributed by atoms with E-state index in [0.717, 1.165) is 10.0 Å². The lowest BCUT2D eigenvalue weighted by Gasteiger charge is -2.10. The highest BCUT2D eigenvalue weighted by molar-refractivity contribution is 9.10. The summed E-state index contributed by atoms with van der Waals surface area (Å²) in [6, 6.07) is 9.12. The number of pyridine rings is 1. The first kappa shape index (κ1) is 14.2. The first-order chi connectivity index (χ1) is 10.2. The Morgan fingerprint density at radius 3 is 2.57 bits per heavy atom. The first-order valence-electron chi connectivity index (χ1n) is 6.47. The molecule has 0 bridgehead atoms. The van der Waals surface area contributed by atoms with Gasteiger partial charge in [0.25, 0.3) is 5.91 Å². The molecule has 108 valence electrons. The number of hydrogen-bond acceptors (Lipinski definition) is 4. The Labute approximate surface area is 130 Å². The van der Waals surface area contributed by atoms with Gasteiger partial charge >= 0.3 is 0 Å². The van der Waals surface area contributed by atoms with Gasteiger partial charge in [0.15, 0.2) is 6.29 Å². The van der Waals surface area contributed by atoms with Crippen LogP contribution in [-0.4, -0.2) is 24.1 Å². The molecular formula is C15H13BrN2O3. The minimum atomic E-state index is -0.302. The minimum absolute atomic E-state index is 0.204. The molecule has 0 radical (unpaired) electrons. The van der Waals surface area contributed by atoms with Crippen molar-refractivity contribution in [1.82, 2.24) is 4.98 Å². The smallest absolute Gasteiger partial charge is 0.257 e. The molecule has 21 heavy (non-hydrogen) atoms. The molecule has 6 heteroatoms. The van der Waals surface area contributed by atoms with E-state index in [1.807, 2.05) is 24.3 Å². The Kier molecular flexibility index (Phi) is 4.28. The van der Waals surface area contributed by atoms with Crippen LogP contribution in [0.2, 0.25) is 0 Å². The summed E-state index contributed by atoms with van der Waals surface area (Å²) in [5.74, 6) is -0.204. The Bertz CT molecular complexity index is 640. The number of rotatable bonds is 3. The summed E-state index contributed by atoms with van der Waals surface area (Å²) < 4.78 is 11.6. The fourth-order valence-corrected chi connectivity index (χ4v) is 2.38. The van der Waals surface area contributed by atoms with Crippen LogP contribution in [0.3, 0.4) is 0 Å². The van der Waals surface area contributed by atoms with Gasteiger partial charge in [0.2, 0.25) is 0 Å². The van der Waals surface area contributed by atoms with Gasteiger partial charge in [-0.15, -0.1) is 0 Å². The van der Waals surface area contributed by atoms with Crippen LogP contribution in [0.25, 0.3) is 0 Å². The van der Waals surface area contributed by atoms with E-state index in [1.54, 1.807) is 12.3 Å². The lowest BCUT2D eigenvalue weighted by molar-refractivity contribution is -0.0441. The molecule has 3 rings (SSSR count). The molecule has 1 N–H and O–H groups in total. The number of anilines is 1. The van der Waals surface area contributed by atoms with E-state index in [2.05, 4.69) is 26.2 Å². The molecule has 2 aromatic rings. The van der Waals surface area contributed by atoms with Crippen LogP contribution < -0.4 is 5.32 Å². The van der Waals surface area contributed by atoms with Crippen LogP contribution in [0, 0.1) is 0 Å². The number of carbonyl (C=O) groups excluding carboxylic acids is 1. The molecule has 5 nitrogen and oxygen atoms in total. The van der Waals surface area contributed by atoms with E-state index in [-0.39, 0.29) is 12.2 Å². The number of nitrogens with zero attached hydrogens (tertiary/aromatic N) is 1. The van der Waals surface area contributed by atoms with Gasteiger partial charge in [0.05, 0.1) is 18.8 Å². The fraction of sp³-hybridized carbons (Fsp3) is 0.200. The number of benzene rings is 1. The summed E-state index contributed by atoms with van der Waals surface area (Å²) in [4.78, 5) is 16.1. The summed E-state index contributed by atoms with van der Waals surface area (Å²) in [5, 5.41) is 2.82. The first-order valence-corrected chi connectivity index (χ1v) is 7.27. The Morgan fingerprint density at radius 2 is 1.90 bits per heavy atom. The predicted molar refractivity (Wildman–Crippen MR) is 81.0 cm³/mol. The summed E-state index contributed by atoms with van der Waals surface area (Å²) in [7, 11) is 0. The number of nitrogens with one attached hydrogen (secondary N) is 1. The molecule has 2 heterocycles. The second-order valence-corrected chi connectivity index (χ2v) is 5.46. The molecule has 1 aromatic heterocycles. The maximum atomic E-state index is 12.1. The van der Waals surface area contributed by atoms with Gasteiger partial charge in [-0.2, -0.15) is 0 Å². The number of carbonyl (C=O) groups is 1. The lowest BCUT2D eigenvalue weighted by Crippen LogP contribution is -2.12. The highest BCUT2D eigenvalue weighted by Crippen LogP contribution is 2.24. The van der Waals surface area contributed by atoms with Crippen LogP contribution in [0.5, 0.6) is 0 Å². The van der Waals surface area contributed by atoms with E-state index >= 15 is 0 Å². The normalized spacial score (nSPS) is 15.1. The van der Waals surface area contributed by atoms with Crippen molar-refractivity contribution in [3.63, 3.8) is 0 Å². The van der Waals surface area contributed by atoms with Crippen molar-refractivity contribution < 1.29 is 14.3 Å². The third-order valence-corrected chi connectivity index (χ3v) is 3.46. The molecule has 0 saturated carbocycles. The van der Waals surface area contributed by atoms with Gasteiger partial charge in [-0.3, -0.25) is 9.78 Å². The summed E-state index contributed by atoms with van der Waals surface area (Å²) in [6.07, 6.45) is 2.85. The highest BCUT2D eigenvalue weighted by atomic mass is 79.9. The molecule has 1 aromatic carbocycles. The number of hydrogen-bond donors (Lipinski definition) is 1. The lowest BCUT2D eigenvalue weighted by atomic mass is 10.2. The monoisotopic (exact) mass is 348 g/mol. The second kappa shape index (κ2) is 6.34. The fourth-order valence-electron chi connectivity index (χ4n) is 2.01. The van der Waals surface area contributed by atoms with E-state index in [0.29, 0.717) is 24.5 Å². The quantitative estimate of drug-likeness (QED) is 0.925. The molecule has 0 atom stereocenters. The van der Waals surface area contributed by atoms with Crippen LogP contribution in [0.1, 0.15) is 22.2 Å². The third kappa shape index (κ3) is 3.47. The average Bonchev–Trinajstić information content (AvgIpc) is 3.02. The minimum Gasteiger partial charge on any atom is -0.346 e. The Balaban J connectivity index is 1.68. The largest absolute Gasteiger partial charge is 0.346 e. The molecule has 1 amide bonds. The van der Waals surface area contributed by atoms with Gasteiger partial charge < -0.3 is 14.8 Å². The van der Waals surface area contributed by atoms with Crippen molar-refractivity contribution >= 4 is 27.5 Å². The van der Waals surface area contributed by atoms with Crippen molar-refractivity contribution in [3.8, 4) is 0 Å². The maximum Gasteiger partial charge on any atom is 0.257 e. The molecule has 0 aliphatic carbocycles. The van der Waals surface area contributed by atoms with Crippen molar-refractivity contribution in [2.75, 3.05) is 18.5 Å². The SMILES string of the molecule is O=C(Nc1ccc(C2OCCO2)cc1)c1cncc(Br)c1. The van der Waals surface area contributed by atoms with Crippen molar-refractivity contribution in [2.45, 2.75) is 6.29 Å². The van der Waals surface area contributed by atoms with Gasteiger partial charge in [-0.05, 0) is 34.1 Å². The van der Waals surface area contributed by atoms with Crippen LogP contribution in [0.15, 0.2) is 47.2 Å². The second-order valence-electron chi connectivity index (χ2n) is 4.54. The van der Waals surface area contributed by atoms with Crippen LogP contribution in [-0.2, 0) is 9.47 Å².